The molecule has 1 heterocycles. The quantitative estimate of drug-likeness (QED) is 0.707. The van der Waals surface area contributed by atoms with Crippen molar-refractivity contribution in [2.75, 3.05) is 11.9 Å². The molecule has 1 N–H and O–H groups in total. The third-order valence-corrected chi connectivity index (χ3v) is 3.92. The van der Waals surface area contributed by atoms with Gasteiger partial charge in [0.25, 0.3) is 5.91 Å². The van der Waals surface area contributed by atoms with Gasteiger partial charge in [-0.15, -0.1) is 0 Å². The van der Waals surface area contributed by atoms with Gasteiger partial charge >= 0.3 is 0 Å². The molecule has 0 saturated carbocycles. The topological polar surface area (TPSA) is 51.5 Å². The van der Waals surface area contributed by atoms with Crippen molar-refractivity contribution in [2.45, 2.75) is 13.8 Å². The SMILES string of the molecule is CCOc1ccc2oc(C(=O)Nc3ccc(F)cc3Cl)c(C)c2c1. The Morgan fingerprint density at radius 1 is 1.29 bits per heavy atom. The number of amides is 1. The molecule has 0 aliphatic carbocycles. The molecule has 1 amide bonds. The molecule has 0 atom stereocenters. The molecule has 0 aliphatic rings. The number of carbonyl (C=O) groups excluding carboxylic acids is 1. The van der Waals surface area contributed by atoms with E-state index in [0.717, 1.165) is 11.5 Å². The molecule has 0 bridgehead atoms. The van der Waals surface area contributed by atoms with Gasteiger partial charge in [-0.3, -0.25) is 4.79 Å². The summed E-state index contributed by atoms with van der Waals surface area (Å²) < 4.78 is 24.2. The molecule has 0 radical (unpaired) electrons. The van der Waals surface area contributed by atoms with E-state index in [4.69, 9.17) is 20.8 Å². The number of rotatable bonds is 4. The van der Waals surface area contributed by atoms with Gasteiger partial charge in [0.1, 0.15) is 17.1 Å². The van der Waals surface area contributed by atoms with Gasteiger partial charge in [0, 0.05) is 10.9 Å². The van der Waals surface area contributed by atoms with Crippen LogP contribution < -0.4 is 10.1 Å². The van der Waals surface area contributed by atoms with Gasteiger partial charge in [0.15, 0.2) is 5.76 Å². The average molecular weight is 348 g/mol. The Hall–Kier alpha value is -2.53. The third kappa shape index (κ3) is 3.08. The summed E-state index contributed by atoms with van der Waals surface area (Å²) in [6.45, 7) is 4.25. The second-order valence-corrected chi connectivity index (χ2v) is 5.63. The zero-order valence-electron chi connectivity index (χ0n) is 13.2. The number of halogens is 2. The van der Waals surface area contributed by atoms with E-state index < -0.39 is 11.7 Å². The molecule has 124 valence electrons. The minimum atomic E-state index is -0.471. The number of hydrogen-bond acceptors (Lipinski definition) is 3. The van der Waals surface area contributed by atoms with Gasteiger partial charge in [-0.05, 0) is 50.2 Å². The van der Waals surface area contributed by atoms with Crippen LogP contribution in [0.15, 0.2) is 40.8 Å². The summed E-state index contributed by atoms with van der Waals surface area (Å²) in [6.07, 6.45) is 0. The van der Waals surface area contributed by atoms with Gasteiger partial charge in [-0.25, -0.2) is 4.39 Å². The van der Waals surface area contributed by atoms with E-state index in [1.54, 1.807) is 19.1 Å². The first-order valence-electron chi connectivity index (χ1n) is 7.42. The highest BCUT2D eigenvalue weighted by atomic mass is 35.5. The largest absolute Gasteiger partial charge is 0.494 e. The van der Waals surface area contributed by atoms with Gasteiger partial charge in [0.05, 0.1) is 17.3 Å². The number of fused-ring (bicyclic) bond motifs is 1. The lowest BCUT2D eigenvalue weighted by Crippen LogP contribution is -2.12. The van der Waals surface area contributed by atoms with Crippen molar-refractivity contribution in [3.05, 3.63) is 58.6 Å². The fourth-order valence-corrected chi connectivity index (χ4v) is 2.66. The highest BCUT2D eigenvalue weighted by molar-refractivity contribution is 6.33. The summed E-state index contributed by atoms with van der Waals surface area (Å²) in [5, 5.41) is 3.56. The molecule has 0 saturated heterocycles. The fourth-order valence-electron chi connectivity index (χ4n) is 2.44. The van der Waals surface area contributed by atoms with E-state index in [1.807, 2.05) is 13.0 Å². The van der Waals surface area contributed by atoms with E-state index >= 15 is 0 Å². The molecule has 4 nitrogen and oxygen atoms in total. The van der Waals surface area contributed by atoms with Crippen LogP contribution in [0.25, 0.3) is 11.0 Å². The van der Waals surface area contributed by atoms with Gasteiger partial charge < -0.3 is 14.5 Å². The van der Waals surface area contributed by atoms with E-state index in [9.17, 15) is 9.18 Å². The molecule has 0 aliphatic heterocycles. The fraction of sp³-hybridized carbons (Fsp3) is 0.167. The van der Waals surface area contributed by atoms with Gasteiger partial charge in [-0.1, -0.05) is 11.6 Å². The van der Waals surface area contributed by atoms with Crippen molar-refractivity contribution in [1.82, 2.24) is 0 Å². The highest BCUT2D eigenvalue weighted by Gasteiger charge is 2.19. The number of hydrogen-bond donors (Lipinski definition) is 1. The molecule has 6 heteroatoms. The Bertz CT molecular complexity index is 920. The number of nitrogens with one attached hydrogen (secondary N) is 1. The van der Waals surface area contributed by atoms with Crippen LogP contribution >= 0.6 is 11.6 Å². The molecule has 2 aromatic carbocycles. The Labute approximate surface area is 143 Å². The summed E-state index contributed by atoms with van der Waals surface area (Å²) >= 11 is 5.93. The predicted molar refractivity (Wildman–Crippen MR) is 91.5 cm³/mol. The standard InChI is InChI=1S/C18H15ClFNO3/c1-3-23-12-5-7-16-13(9-12)10(2)17(24-16)18(22)21-15-6-4-11(20)8-14(15)19/h4-9H,3H2,1-2H3,(H,21,22). The Kier molecular flexibility index (Phi) is 4.44. The molecule has 1 aromatic heterocycles. The number of carbonyl (C=O) groups is 1. The minimum absolute atomic E-state index is 0.121. The summed E-state index contributed by atoms with van der Waals surface area (Å²) in [4.78, 5) is 12.5. The molecule has 0 spiro atoms. The van der Waals surface area contributed by atoms with Gasteiger partial charge in [0.2, 0.25) is 0 Å². The summed E-state index contributed by atoms with van der Waals surface area (Å²) in [5.41, 5.74) is 1.60. The third-order valence-electron chi connectivity index (χ3n) is 3.60. The smallest absolute Gasteiger partial charge is 0.291 e. The molecule has 3 aromatic rings. The Morgan fingerprint density at radius 3 is 2.79 bits per heavy atom. The lowest BCUT2D eigenvalue weighted by Gasteiger charge is -2.06. The monoisotopic (exact) mass is 347 g/mol. The van der Waals surface area contributed by atoms with Crippen molar-refractivity contribution in [1.29, 1.82) is 0 Å². The van der Waals surface area contributed by atoms with Crippen molar-refractivity contribution >= 4 is 34.2 Å². The first-order valence-corrected chi connectivity index (χ1v) is 7.79. The molecule has 0 unspecified atom stereocenters. The Balaban J connectivity index is 1.93. The number of furan rings is 1. The van der Waals surface area contributed by atoms with Crippen LogP contribution in [0, 0.1) is 12.7 Å². The number of benzene rings is 2. The minimum Gasteiger partial charge on any atom is -0.494 e. The maximum atomic E-state index is 13.1. The van der Waals surface area contributed by atoms with Crippen LogP contribution in [0.4, 0.5) is 10.1 Å². The number of ether oxygens (including phenoxy) is 1. The summed E-state index contributed by atoms with van der Waals surface area (Å²) in [6, 6.07) is 9.14. The van der Waals surface area contributed by atoms with Crippen molar-refractivity contribution in [3.8, 4) is 5.75 Å². The maximum Gasteiger partial charge on any atom is 0.291 e. The Morgan fingerprint density at radius 2 is 2.08 bits per heavy atom. The van der Waals surface area contributed by atoms with Gasteiger partial charge in [-0.2, -0.15) is 0 Å². The van der Waals surface area contributed by atoms with Crippen molar-refractivity contribution < 1.29 is 18.3 Å². The zero-order chi connectivity index (χ0) is 17.3. The number of anilines is 1. The first kappa shape index (κ1) is 16.3. The second-order valence-electron chi connectivity index (χ2n) is 5.23. The molecule has 24 heavy (non-hydrogen) atoms. The van der Waals surface area contributed by atoms with Crippen molar-refractivity contribution in [3.63, 3.8) is 0 Å². The van der Waals surface area contributed by atoms with E-state index in [0.29, 0.717) is 29.2 Å². The predicted octanol–water partition coefficient (Wildman–Crippen LogP) is 5.18. The summed E-state index contributed by atoms with van der Waals surface area (Å²) in [5.74, 6) is -0.0296. The lowest BCUT2D eigenvalue weighted by atomic mass is 10.1. The average Bonchev–Trinajstić information content (AvgIpc) is 2.87. The number of aryl methyl sites for hydroxylation is 1. The van der Waals surface area contributed by atoms with Crippen LogP contribution in [0.5, 0.6) is 5.75 Å². The maximum absolute atomic E-state index is 13.1. The van der Waals surface area contributed by atoms with E-state index in [1.165, 1.54) is 12.1 Å². The first-order chi connectivity index (χ1) is 11.5. The highest BCUT2D eigenvalue weighted by Crippen LogP contribution is 2.30. The van der Waals surface area contributed by atoms with Crippen molar-refractivity contribution in [2.24, 2.45) is 0 Å². The van der Waals surface area contributed by atoms with E-state index in [2.05, 4.69) is 5.32 Å². The molecule has 0 fully saturated rings. The van der Waals surface area contributed by atoms with Crippen LogP contribution in [0.2, 0.25) is 5.02 Å². The molecule has 3 rings (SSSR count). The lowest BCUT2D eigenvalue weighted by molar-refractivity contribution is 0.0998. The molecular formula is C18H15ClFNO3. The van der Waals surface area contributed by atoms with Crippen LogP contribution in [-0.4, -0.2) is 12.5 Å². The van der Waals surface area contributed by atoms with Crippen LogP contribution in [0.3, 0.4) is 0 Å². The van der Waals surface area contributed by atoms with E-state index in [-0.39, 0.29) is 10.8 Å². The normalized spacial score (nSPS) is 10.8. The molecular weight excluding hydrogens is 333 g/mol. The van der Waals surface area contributed by atoms with Crippen LogP contribution in [-0.2, 0) is 0 Å². The second kappa shape index (κ2) is 6.53. The zero-order valence-corrected chi connectivity index (χ0v) is 13.9. The summed E-state index contributed by atoms with van der Waals surface area (Å²) in [7, 11) is 0. The van der Waals surface area contributed by atoms with Crippen LogP contribution in [0.1, 0.15) is 23.0 Å².